The first-order chi connectivity index (χ1) is 8.18. The average Bonchev–Trinajstić information content (AvgIpc) is 2.72. The fourth-order valence-electron chi connectivity index (χ4n) is 2.12. The van der Waals surface area contributed by atoms with E-state index in [9.17, 15) is 4.79 Å². The monoisotopic (exact) mass is 230 g/mol. The number of carbonyl (C=O) groups excluding carboxylic acids is 1. The number of carbonyl (C=O) groups is 1. The summed E-state index contributed by atoms with van der Waals surface area (Å²) in [4.78, 5) is 14.1. The van der Waals surface area contributed by atoms with Gasteiger partial charge in [0.25, 0.3) is 0 Å². The molecule has 3 heteroatoms. The Balaban J connectivity index is 2.08. The quantitative estimate of drug-likeness (QED) is 0.833. The Kier molecular flexibility index (Phi) is 3.47. The molecule has 0 fully saturated rings. The van der Waals surface area contributed by atoms with Gasteiger partial charge in [0, 0.05) is 30.6 Å². The summed E-state index contributed by atoms with van der Waals surface area (Å²) in [5, 5.41) is 4.12. The Bertz CT molecular complexity index is 516. The van der Waals surface area contributed by atoms with Crippen LogP contribution in [0.25, 0.3) is 10.9 Å². The van der Waals surface area contributed by atoms with Crippen molar-refractivity contribution >= 4 is 16.8 Å². The third-order valence-electron chi connectivity index (χ3n) is 3.10. The van der Waals surface area contributed by atoms with Gasteiger partial charge in [-0.15, -0.1) is 0 Å². The molecule has 1 aromatic carbocycles. The molecule has 1 amide bonds. The maximum atomic E-state index is 10.8. The van der Waals surface area contributed by atoms with Crippen LogP contribution < -0.4 is 5.32 Å². The van der Waals surface area contributed by atoms with E-state index in [2.05, 4.69) is 41.6 Å². The SMILES string of the molecule is CC(=O)NCCC(C)c1c[nH]c2ccccc12. The van der Waals surface area contributed by atoms with Gasteiger partial charge in [0.15, 0.2) is 0 Å². The minimum atomic E-state index is 0.0381. The number of hydrogen-bond donors (Lipinski definition) is 2. The van der Waals surface area contributed by atoms with Crippen molar-refractivity contribution in [3.8, 4) is 0 Å². The maximum Gasteiger partial charge on any atom is 0.216 e. The van der Waals surface area contributed by atoms with Crippen molar-refractivity contribution in [3.05, 3.63) is 36.0 Å². The lowest BCUT2D eigenvalue weighted by Crippen LogP contribution is -2.21. The van der Waals surface area contributed by atoms with Crippen molar-refractivity contribution in [1.29, 1.82) is 0 Å². The molecule has 17 heavy (non-hydrogen) atoms. The second-order valence-electron chi connectivity index (χ2n) is 4.46. The van der Waals surface area contributed by atoms with Gasteiger partial charge < -0.3 is 10.3 Å². The van der Waals surface area contributed by atoms with Crippen LogP contribution in [-0.4, -0.2) is 17.4 Å². The molecule has 0 aliphatic heterocycles. The highest BCUT2D eigenvalue weighted by atomic mass is 16.1. The highest BCUT2D eigenvalue weighted by molar-refractivity contribution is 5.83. The van der Waals surface area contributed by atoms with E-state index in [0.29, 0.717) is 5.92 Å². The number of amides is 1. The maximum absolute atomic E-state index is 10.8. The molecule has 0 spiro atoms. The van der Waals surface area contributed by atoms with Crippen molar-refractivity contribution in [2.45, 2.75) is 26.2 Å². The summed E-state index contributed by atoms with van der Waals surface area (Å²) in [6, 6.07) is 8.31. The number of hydrogen-bond acceptors (Lipinski definition) is 1. The number of rotatable bonds is 4. The van der Waals surface area contributed by atoms with Gasteiger partial charge in [0.2, 0.25) is 5.91 Å². The molecule has 2 N–H and O–H groups in total. The van der Waals surface area contributed by atoms with E-state index in [1.165, 1.54) is 16.5 Å². The van der Waals surface area contributed by atoms with Crippen molar-refractivity contribution in [2.24, 2.45) is 0 Å². The van der Waals surface area contributed by atoms with Gasteiger partial charge >= 0.3 is 0 Å². The van der Waals surface area contributed by atoms with Crippen LogP contribution in [0.2, 0.25) is 0 Å². The Labute approximate surface area is 101 Å². The molecule has 1 aromatic heterocycles. The van der Waals surface area contributed by atoms with Gasteiger partial charge in [-0.3, -0.25) is 4.79 Å². The van der Waals surface area contributed by atoms with E-state index in [0.717, 1.165) is 13.0 Å². The minimum absolute atomic E-state index is 0.0381. The topological polar surface area (TPSA) is 44.9 Å². The van der Waals surface area contributed by atoms with Gasteiger partial charge in [0.05, 0.1) is 0 Å². The third kappa shape index (κ3) is 2.67. The number of H-pyrrole nitrogens is 1. The molecule has 0 aliphatic rings. The zero-order valence-corrected chi connectivity index (χ0v) is 10.3. The second-order valence-corrected chi connectivity index (χ2v) is 4.46. The number of aromatic amines is 1. The van der Waals surface area contributed by atoms with Crippen LogP contribution in [0.15, 0.2) is 30.5 Å². The van der Waals surface area contributed by atoms with E-state index < -0.39 is 0 Å². The summed E-state index contributed by atoms with van der Waals surface area (Å²) < 4.78 is 0. The first-order valence-electron chi connectivity index (χ1n) is 5.99. The molecule has 1 heterocycles. The molecule has 1 atom stereocenters. The molecule has 0 aliphatic carbocycles. The lowest BCUT2D eigenvalue weighted by Gasteiger charge is -2.10. The van der Waals surface area contributed by atoms with Crippen molar-refractivity contribution < 1.29 is 4.79 Å². The fraction of sp³-hybridized carbons (Fsp3) is 0.357. The smallest absolute Gasteiger partial charge is 0.216 e. The Morgan fingerprint density at radius 1 is 1.41 bits per heavy atom. The van der Waals surface area contributed by atoms with Gasteiger partial charge in [-0.25, -0.2) is 0 Å². The van der Waals surface area contributed by atoms with Gasteiger partial charge in [-0.05, 0) is 24.0 Å². The van der Waals surface area contributed by atoms with Gasteiger partial charge in [-0.1, -0.05) is 25.1 Å². The Morgan fingerprint density at radius 3 is 2.94 bits per heavy atom. The summed E-state index contributed by atoms with van der Waals surface area (Å²) in [7, 11) is 0. The Morgan fingerprint density at radius 2 is 2.18 bits per heavy atom. The lowest BCUT2D eigenvalue weighted by atomic mass is 9.97. The molecular weight excluding hydrogens is 212 g/mol. The van der Waals surface area contributed by atoms with Crippen molar-refractivity contribution in [3.63, 3.8) is 0 Å². The molecule has 0 bridgehead atoms. The summed E-state index contributed by atoms with van der Waals surface area (Å²) in [5.41, 5.74) is 2.50. The lowest BCUT2D eigenvalue weighted by molar-refractivity contribution is -0.118. The van der Waals surface area contributed by atoms with Crippen LogP contribution in [0.5, 0.6) is 0 Å². The number of fused-ring (bicyclic) bond motifs is 1. The molecule has 3 nitrogen and oxygen atoms in total. The average molecular weight is 230 g/mol. The standard InChI is InChI=1S/C14H18N2O/c1-10(7-8-15-11(2)17)13-9-16-14-6-4-3-5-12(13)14/h3-6,9-10,16H,7-8H2,1-2H3,(H,15,17). The predicted octanol–water partition coefficient (Wildman–Crippen LogP) is 2.80. The van der Waals surface area contributed by atoms with E-state index >= 15 is 0 Å². The largest absolute Gasteiger partial charge is 0.361 e. The summed E-state index contributed by atoms with van der Waals surface area (Å²) >= 11 is 0. The highest BCUT2D eigenvalue weighted by Gasteiger charge is 2.10. The van der Waals surface area contributed by atoms with Gasteiger partial charge in [0.1, 0.15) is 0 Å². The normalized spacial score (nSPS) is 12.6. The second kappa shape index (κ2) is 5.04. The number of para-hydroxylation sites is 1. The molecule has 2 rings (SSSR count). The zero-order valence-electron chi connectivity index (χ0n) is 10.3. The molecule has 1 unspecified atom stereocenters. The highest BCUT2D eigenvalue weighted by Crippen LogP contribution is 2.26. The molecular formula is C14H18N2O. The van der Waals surface area contributed by atoms with Crippen LogP contribution in [0.3, 0.4) is 0 Å². The van der Waals surface area contributed by atoms with Crippen molar-refractivity contribution in [2.75, 3.05) is 6.54 Å². The Hall–Kier alpha value is -1.77. The van der Waals surface area contributed by atoms with E-state index in [-0.39, 0.29) is 5.91 Å². The first kappa shape index (κ1) is 11.7. The molecule has 0 radical (unpaired) electrons. The molecule has 0 saturated heterocycles. The molecule has 2 aromatic rings. The summed E-state index contributed by atoms with van der Waals surface area (Å²) in [6.07, 6.45) is 3.03. The molecule has 90 valence electrons. The number of nitrogens with one attached hydrogen (secondary N) is 2. The predicted molar refractivity (Wildman–Crippen MR) is 70.0 cm³/mol. The van der Waals surface area contributed by atoms with Crippen LogP contribution in [0.4, 0.5) is 0 Å². The minimum Gasteiger partial charge on any atom is -0.361 e. The third-order valence-corrected chi connectivity index (χ3v) is 3.10. The summed E-state index contributed by atoms with van der Waals surface area (Å²) in [5.74, 6) is 0.481. The van der Waals surface area contributed by atoms with Crippen LogP contribution >= 0.6 is 0 Å². The summed E-state index contributed by atoms with van der Waals surface area (Å²) in [6.45, 7) is 4.48. The molecule has 0 saturated carbocycles. The van der Waals surface area contributed by atoms with Crippen LogP contribution in [0, 0.1) is 0 Å². The van der Waals surface area contributed by atoms with Crippen LogP contribution in [0.1, 0.15) is 31.7 Å². The zero-order chi connectivity index (χ0) is 12.3. The van der Waals surface area contributed by atoms with Crippen molar-refractivity contribution in [1.82, 2.24) is 10.3 Å². The fourth-order valence-corrected chi connectivity index (χ4v) is 2.12. The number of aromatic nitrogens is 1. The van der Waals surface area contributed by atoms with E-state index in [1.807, 2.05) is 6.07 Å². The first-order valence-corrected chi connectivity index (χ1v) is 5.99. The van der Waals surface area contributed by atoms with Crippen LogP contribution in [-0.2, 0) is 4.79 Å². The number of benzene rings is 1. The van der Waals surface area contributed by atoms with E-state index in [1.54, 1.807) is 6.92 Å². The van der Waals surface area contributed by atoms with Gasteiger partial charge in [-0.2, -0.15) is 0 Å². The van der Waals surface area contributed by atoms with E-state index in [4.69, 9.17) is 0 Å².